The van der Waals surface area contributed by atoms with Gasteiger partial charge in [-0.3, -0.25) is 23.7 Å². The van der Waals surface area contributed by atoms with Crippen molar-refractivity contribution in [3.05, 3.63) is 0 Å². The van der Waals surface area contributed by atoms with E-state index in [0.717, 1.165) is 20.8 Å². The molecule has 0 bridgehead atoms. The first-order chi connectivity index (χ1) is 67.8. The Bertz CT molecular complexity index is 4180. The fourth-order valence-electron chi connectivity index (χ4n) is 18.1. The average molecular weight is 2130 g/mol. The van der Waals surface area contributed by atoms with Gasteiger partial charge in [-0.15, -0.1) is 0 Å². The van der Waals surface area contributed by atoms with Crippen LogP contribution >= 0.6 is 0 Å². The van der Waals surface area contributed by atoms with Gasteiger partial charge in [-0.25, -0.2) is 8.98 Å². The van der Waals surface area contributed by atoms with Crippen LogP contribution in [0.15, 0.2) is 0 Å². The third-order valence-corrected chi connectivity index (χ3v) is 26.3. The number of amides is 4. The van der Waals surface area contributed by atoms with Gasteiger partial charge in [-0.2, -0.15) is 8.42 Å². The van der Waals surface area contributed by atoms with Crippen molar-refractivity contribution in [3.63, 3.8) is 0 Å². The molecule has 0 aromatic carbocycles. The van der Waals surface area contributed by atoms with Gasteiger partial charge in [0.25, 0.3) is 5.79 Å². The molecule has 0 radical (unpaired) electrons. The lowest BCUT2D eigenvalue weighted by atomic mass is 9.88. The molecule has 11 saturated heterocycles. The van der Waals surface area contributed by atoms with Crippen molar-refractivity contribution >= 4 is 40.0 Å². The van der Waals surface area contributed by atoms with Gasteiger partial charge in [0.2, 0.25) is 23.6 Å². The monoisotopic (exact) mass is 2130 g/mol. The van der Waals surface area contributed by atoms with Gasteiger partial charge in [-0.05, 0) is 6.92 Å². The maximum Gasteiger partial charge on any atom is 0.397 e. The van der Waals surface area contributed by atoms with E-state index < -0.39 is 462 Å². The van der Waals surface area contributed by atoms with Crippen molar-refractivity contribution in [2.45, 2.75) is 377 Å². The summed E-state index contributed by atoms with van der Waals surface area (Å²) < 4.78 is 164. The van der Waals surface area contributed by atoms with Crippen molar-refractivity contribution in [2.75, 3.05) is 72.7 Å². The largest absolute Gasteiger partial charge is 0.477 e. The van der Waals surface area contributed by atoms with E-state index >= 15 is 0 Å². The van der Waals surface area contributed by atoms with Crippen LogP contribution in [0.5, 0.6) is 0 Å². The predicted molar refractivity (Wildman–Crippen MR) is 436 cm³/mol. The number of aliphatic hydroxyl groups is 31. The molecule has 0 aliphatic carbocycles. The molecule has 67 heteroatoms. The van der Waals surface area contributed by atoms with Gasteiger partial charge < -0.3 is 284 Å². The Morgan fingerprint density at radius 1 is 0.347 bits per heavy atom. The molecule has 144 heavy (non-hydrogen) atoms. The molecule has 834 valence electrons. The molecule has 11 heterocycles. The zero-order chi connectivity index (χ0) is 107. The number of ether oxygens (including phenoxy) is 21. The predicted octanol–water partition coefficient (Wildman–Crippen LogP) is -25.4. The van der Waals surface area contributed by atoms with Gasteiger partial charge >= 0.3 is 16.4 Å². The number of nitrogens with one attached hydrogen (secondary N) is 4. The van der Waals surface area contributed by atoms with Crippen LogP contribution in [-0.2, 0) is 138 Å². The minimum Gasteiger partial charge on any atom is -0.477 e. The molecule has 11 aliphatic heterocycles. The SMILES string of the molecule is CC(=O)N[C@@H]1[C@@H](O)[C@H](O[C@@H]2O[C@H](CO)[C@@H](O[C@@H]3O[C@H](CO[C@H]4O[C@H](CO[C@H]5O[C@H](CO)[C@@H](O)[C@H](O)[C@@H]5O)[C@@H](O)[C@H](O[C@H]5O[C@H](CO)[C@@H](O)[C@H](O)[C@@H]5O)[C@@H]4O)[C@@H](O)[C@H](O[C@H]4O[C@H](CO)[C@@H](O)[C@H](O)[C@@H]4O[C@@H]4O[C@H](CO)[C@@H](O)[C@H](O[C@@H]5O[C@H](CO)[C@H](OS(=O)(=O)O)[C@H](O[C@]6(C(=O)O)C[C@H](O)[C@@H](NC(=O)CO)[C@H]([C@H](O)[C@H](O)CO)O6)[C@H]5O)[C@H]4NC(C)=O)[C@@H]3O)[C@H](O)[C@H]2NC(C)=O)[C@@H](CO[C@@H]2O[C@@H](C)[C@@H](O)[C@@H](O)[C@@H]2O)O[C@H]1O. The van der Waals surface area contributed by atoms with Gasteiger partial charge in [0, 0.05) is 27.2 Å². The molecule has 66 nitrogen and oxygen atoms in total. The van der Waals surface area contributed by atoms with Crippen LogP contribution in [0.1, 0.15) is 34.1 Å². The zero-order valence-corrected chi connectivity index (χ0v) is 77.1. The number of aliphatic hydroxyl groups excluding tert-OH is 31. The van der Waals surface area contributed by atoms with E-state index in [1.54, 1.807) is 0 Å². The highest BCUT2D eigenvalue weighted by Crippen LogP contribution is 2.44. The Kier molecular flexibility index (Phi) is 42.5. The van der Waals surface area contributed by atoms with Crippen LogP contribution in [0, 0.1) is 0 Å². The van der Waals surface area contributed by atoms with Gasteiger partial charge in [-0.1, -0.05) is 0 Å². The number of rotatable bonds is 40. The smallest absolute Gasteiger partial charge is 0.397 e. The quantitative estimate of drug-likeness (QED) is 0.0253. The summed E-state index contributed by atoms with van der Waals surface area (Å²) in [6, 6.07) is -8.37. The molecule has 11 aliphatic rings. The van der Waals surface area contributed by atoms with Crippen LogP contribution in [-0.4, -0.2) is 622 Å². The van der Waals surface area contributed by atoms with Gasteiger partial charge in [0.05, 0.1) is 84.3 Å². The van der Waals surface area contributed by atoms with Crippen molar-refractivity contribution in [2.24, 2.45) is 0 Å². The van der Waals surface area contributed by atoms with Crippen molar-refractivity contribution < 1.29 is 304 Å². The van der Waals surface area contributed by atoms with E-state index in [9.17, 15) is 200 Å². The lowest BCUT2D eigenvalue weighted by Crippen LogP contribution is -2.72. The van der Waals surface area contributed by atoms with Crippen LogP contribution in [0.4, 0.5) is 0 Å². The molecular weight excluding hydrogens is 2000 g/mol. The van der Waals surface area contributed by atoms with E-state index in [-0.39, 0.29) is 0 Å². The second-order valence-electron chi connectivity index (χ2n) is 35.8. The molecule has 0 spiro atoms. The number of hydrogen-bond acceptors (Lipinski definition) is 60. The van der Waals surface area contributed by atoms with Crippen molar-refractivity contribution in [1.29, 1.82) is 0 Å². The Balaban J connectivity index is 0.952. The van der Waals surface area contributed by atoms with Crippen LogP contribution < -0.4 is 21.3 Å². The molecule has 0 aromatic heterocycles. The Morgan fingerprint density at radius 3 is 1.23 bits per heavy atom. The highest BCUT2D eigenvalue weighted by Gasteiger charge is 2.65. The summed E-state index contributed by atoms with van der Waals surface area (Å²) >= 11 is 0. The maximum absolute atomic E-state index is 13.6. The molecule has 11 rings (SSSR count). The third-order valence-electron chi connectivity index (χ3n) is 25.8. The minimum atomic E-state index is -5.95. The Labute approximate surface area is 812 Å². The lowest BCUT2D eigenvalue weighted by Gasteiger charge is -2.52. The third kappa shape index (κ3) is 26.8. The second kappa shape index (κ2) is 51.3. The summed E-state index contributed by atoms with van der Waals surface area (Å²) in [7, 11) is -5.95. The summed E-state index contributed by atoms with van der Waals surface area (Å²) in [6.45, 7) is -10.0. The van der Waals surface area contributed by atoms with Crippen LogP contribution in [0.25, 0.3) is 0 Å². The topological polar surface area (TPSA) is 1040 Å². The zero-order valence-electron chi connectivity index (χ0n) is 76.2. The number of carbonyl (C=O) groups is 5. The van der Waals surface area contributed by atoms with E-state index in [1.807, 2.05) is 5.32 Å². The Morgan fingerprint density at radius 2 is 0.708 bits per heavy atom. The summed E-state index contributed by atoms with van der Waals surface area (Å²) in [4.78, 5) is 65.7. The van der Waals surface area contributed by atoms with E-state index in [2.05, 4.69) is 16.0 Å². The summed E-state index contributed by atoms with van der Waals surface area (Å²) in [5.74, 6) is -10.6. The average Bonchev–Trinajstić information content (AvgIpc) is 0.737. The molecule has 4 amide bonds. The standard InChI is InChI=1S/C77H128N4O62S/c1-17-37(96)47(106)51(110)69(125-17)124-16-31-58(45(104)34(66(116)126-31)78-18(2)90)135-67-35(79-19(3)91)46(105)57(27(11-87)131-67)136-73-55(114)63(44(103)30(134-73)15-123-71-54(113)62(138-72-53(112)49(108)40(99)24(8-84)129-72)43(102)29(133-71)14-122-70-52(111)48(107)39(98)23(7-83)128-70)139-75-65(50(109)41(100)25(9-85)130-75)140-68-36(80-20(4)92)60(42(101)26(10-86)127-68)137-74-56(115)64(59(28(12-88)132-74)143-144(119,120)121)142-77(76(117)118)5-21(93)33(81-32(95)13-89)61(141-77)38(97)22(94)6-82/h17,21-31,33-75,82-89,93-94,96-116H,5-16H2,1-4H3,(H,78,90)(H,79,91)(H,80,92)(H,81,95)(H,117,118)(H,119,120,121)/t17-,21-,22+,23+,24+,25+,26+,27+,28+,29+,30+,31+,33+,34+,35+,36+,37+,38+,39+,40+,41+,42+,43+,44+,45+,46+,47+,48-,49-,50-,51-,52-,53-,54-,55-,56+,57+,58+,59-,60+,61+,62-,63-,64+,65-,66+,67-,68-,69+,70-,71-,72+,73-,74-,75+,77-/m0/s1. The summed E-state index contributed by atoms with van der Waals surface area (Å²) in [5.41, 5.74) is 0. The molecule has 11 fully saturated rings. The first-order valence-electron chi connectivity index (χ1n) is 45.0. The molecule has 0 aromatic rings. The number of carboxylic acids is 1. The molecule has 0 unspecified atom stereocenters. The van der Waals surface area contributed by atoms with Gasteiger partial charge in [0.15, 0.2) is 62.9 Å². The normalized spacial score (nSPS) is 47.7. The highest BCUT2D eigenvalue weighted by atomic mass is 32.3. The maximum atomic E-state index is 13.6. The van der Waals surface area contributed by atoms with E-state index in [1.165, 1.54) is 6.92 Å². The molecule has 0 saturated carbocycles. The van der Waals surface area contributed by atoms with Gasteiger partial charge in [0.1, 0.15) is 263 Å². The summed E-state index contributed by atoms with van der Waals surface area (Å²) in [6.07, 6.45) is -119. The number of carbonyl (C=O) groups excluding carboxylic acids is 4. The highest BCUT2D eigenvalue weighted by molar-refractivity contribution is 7.80. The van der Waals surface area contributed by atoms with E-state index in [4.69, 9.17) is 104 Å². The fourth-order valence-corrected chi connectivity index (χ4v) is 18.6. The number of aliphatic carboxylic acids is 1. The molecular formula is C77H128N4O62S. The Hall–Kier alpha value is -4.86. The number of carboxylic acid groups (broad SMARTS) is 1. The molecule has 37 N–H and O–H groups in total. The second-order valence-corrected chi connectivity index (χ2v) is 36.8. The van der Waals surface area contributed by atoms with Crippen LogP contribution in [0.3, 0.4) is 0 Å². The first-order valence-corrected chi connectivity index (χ1v) is 46.3. The van der Waals surface area contributed by atoms with E-state index in [0.29, 0.717) is 0 Å². The van der Waals surface area contributed by atoms with Crippen molar-refractivity contribution in [1.82, 2.24) is 21.3 Å². The lowest BCUT2D eigenvalue weighted by molar-refractivity contribution is -0.400. The number of hydrogen-bond donors (Lipinski definition) is 37. The van der Waals surface area contributed by atoms with Crippen molar-refractivity contribution in [3.8, 4) is 0 Å². The minimum absolute atomic E-state index is 0.760. The fraction of sp³-hybridized carbons (Fsp3) is 0.935. The first kappa shape index (κ1) is 119. The molecule has 56 atom stereocenters. The van der Waals surface area contributed by atoms with Crippen LogP contribution in [0.2, 0.25) is 0 Å². The summed E-state index contributed by atoms with van der Waals surface area (Å²) in [5, 5.41) is 368.